The summed E-state index contributed by atoms with van der Waals surface area (Å²) in [5.41, 5.74) is 9.24. The zero-order valence-electron chi connectivity index (χ0n) is 3.53. The molecule has 0 aromatic heterocycles. The highest BCUT2D eigenvalue weighted by Gasteiger charge is 1.53. The minimum absolute atomic E-state index is 0. The van der Waals surface area contributed by atoms with E-state index in [2.05, 4.69) is 23.7 Å². The molecule has 0 aliphatic heterocycles. The minimum atomic E-state index is 0. The third-order valence-electron chi connectivity index (χ3n) is 0. The average molecular weight is 121 g/mol. The molecule has 0 aromatic rings. The van der Waals surface area contributed by atoms with Crippen LogP contribution in [0.15, 0.2) is 0 Å². The van der Waals surface area contributed by atoms with E-state index in [1.165, 1.54) is 0 Å². The van der Waals surface area contributed by atoms with E-state index in [4.69, 9.17) is 10.0 Å². The molecule has 0 aromatic carbocycles. The first-order chi connectivity index (χ1) is 3.15. The van der Waals surface area contributed by atoms with Gasteiger partial charge in [0.05, 0.1) is 0 Å². The first kappa shape index (κ1) is 9.84. The van der Waals surface area contributed by atoms with E-state index in [0.717, 1.165) is 0 Å². The SMILES string of the molecule is NC(N)=S.O[B]O. The van der Waals surface area contributed by atoms with Crippen LogP contribution in [0.5, 0.6) is 0 Å². The lowest BCUT2D eigenvalue weighted by Gasteiger charge is -1.68. The van der Waals surface area contributed by atoms with E-state index in [9.17, 15) is 0 Å². The van der Waals surface area contributed by atoms with Crippen molar-refractivity contribution >= 4 is 25.0 Å². The quantitative estimate of drug-likeness (QED) is 0.213. The number of hydrogen-bond acceptors (Lipinski definition) is 3. The fourth-order valence-electron chi connectivity index (χ4n) is 0. The van der Waals surface area contributed by atoms with Crippen molar-refractivity contribution in [2.75, 3.05) is 0 Å². The fraction of sp³-hybridized carbons (Fsp3) is 0. The second-order valence-electron chi connectivity index (χ2n) is 0.518. The second kappa shape index (κ2) is 9.18. The van der Waals surface area contributed by atoms with Crippen LogP contribution in [0, 0.1) is 0 Å². The lowest BCUT2D eigenvalue weighted by Crippen LogP contribution is -2.18. The van der Waals surface area contributed by atoms with Crippen molar-refractivity contribution < 1.29 is 10.0 Å². The molecule has 7 heavy (non-hydrogen) atoms. The number of nitrogens with two attached hydrogens (primary N) is 2. The molecule has 4 nitrogen and oxygen atoms in total. The maximum Gasteiger partial charge on any atom is 0.482 e. The van der Waals surface area contributed by atoms with Crippen LogP contribution in [-0.2, 0) is 0 Å². The Hall–Kier alpha value is -0.325. The van der Waals surface area contributed by atoms with Crippen LogP contribution in [0.25, 0.3) is 0 Å². The third-order valence-corrected chi connectivity index (χ3v) is 0. The molecule has 0 bridgehead atoms. The van der Waals surface area contributed by atoms with E-state index in [-0.39, 0.29) is 12.8 Å². The highest BCUT2D eigenvalue weighted by Crippen LogP contribution is 1.32. The van der Waals surface area contributed by atoms with Crippen molar-refractivity contribution in [3.63, 3.8) is 0 Å². The Morgan fingerprint density at radius 2 is 1.43 bits per heavy atom. The first-order valence-corrected chi connectivity index (χ1v) is 1.71. The van der Waals surface area contributed by atoms with E-state index in [0.29, 0.717) is 0 Å². The molecule has 0 amide bonds. The zero-order valence-corrected chi connectivity index (χ0v) is 4.35. The predicted molar refractivity (Wildman–Crippen MR) is 31.2 cm³/mol. The van der Waals surface area contributed by atoms with Gasteiger partial charge in [0, 0.05) is 0 Å². The Kier molecular flexibility index (Phi) is 12.9. The third kappa shape index (κ3) is 725. The molecule has 0 saturated carbocycles. The van der Waals surface area contributed by atoms with Crippen molar-refractivity contribution in [1.29, 1.82) is 0 Å². The minimum Gasteiger partial charge on any atom is -0.429 e. The Labute approximate surface area is 47.4 Å². The maximum absolute atomic E-state index is 7.00. The zero-order chi connectivity index (χ0) is 6.28. The fourth-order valence-corrected chi connectivity index (χ4v) is 0. The van der Waals surface area contributed by atoms with Crippen LogP contribution in [0.3, 0.4) is 0 Å². The van der Waals surface area contributed by atoms with Crippen LogP contribution in [0.2, 0.25) is 0 Å². The standard InChI is InChI=1S/CH4N2S.BH2O2/c2-1(3)4;2-1-3/h(H4,2,3,4);2-3H. The molecule has 41 valence electrons. The highest BCUT2D eigenvalue weighted by atomic mass is 32.1. The predicted octanol–water partition coefficient (Wildman–Crippen LogP) is -2.31. The first-order valence-electron chi connectivity index (χ1n) is 1.30. The molecule has 0 heterocycles. The molecule has 0 saturated heterocycles. The topological polar surface area (TPSA) is 92.5 Å². The summed E-state index contributed by atoms with van der Waals surface area (Å²) in [4.78, 5) is 0. The maximum atomic E-state index is 7.00. The van der Waals surface area contributed by atoms with Gasteiger partial charge < -0.3 is 21.5 Å². The van der Waals surface area contributed by atoms with Gasteiger partial charge in [-0.15, -0.1) is 0 Å². The van der Waals surface area contributed by atoms with Crippen molar-refractivity contribution in [2.45, 2.75) is 0 Å². The Bertz CT molecular complexity index is 47.0. The molecule has 0 rings (SSSR count). The lowest BCUT2D eigenvalue weighted by molar-refractivity contribution is 0.448. The Morgan fingerprint density at radius 3 is 1.43 bits per heavy atom. The summed E-state index contributed by atoms with van der Waals surface area (Å²) in [6, 6.07) is 0. The Balaban J connectivity index is 0. The van der Waals surface area contributed by atoms with Gasteiger partial charge in [0.15, 0.2) is 5.11 Å². The van der Waals surface area contributed by atoms with E-state index < -0.39 is 0 Å². The summed E-state index contributed by atoms with van der Waals surface area (Å²) < 4.78 is 0. The highest BCUT2D eigenvalue weighted by molar-refractivity contribution is 7.80. The van der Waals surface area contributed by atoms with Crippen molar-refractivity contribution in [1.82, 2.24) is 0 Å². The van der Waals surface area contributed by atoms with Gasteiger partial charge >= 0.3 is 7.69 Å². The molecule has 0 atom stereocenters. The van der Waals surface area contributed by atoms with Crippen molar-refractivity contribution in [3.05, 3.63) is 0 Å². The lowest BCUT2D eigenvalue weighted by atomic mass is 10.5. The van der Waals surface area contributed by atoms with E-state index in [1.54, 1.807) is 0 Å². The van der Waals surface area contributed by atoms with Gasteiger partial charge in [-0.25, -0.2) is 0 Å². The average Bonchev–Trinajstić information content (AvgIpc) is 1.33. The molecule has 0 aliphatic carbocycles. The Morgan fingerprint density at radius 1 is 1.43 bits per heavy atom. The van der Waals surface area contributed by atoms with Gasteiger partial charge in [-0.2, -0.15) is 0 Å². The van der Waals surface area contributed by atoms with E-state index in [1.807, 2.05) is 0 Å². The molecule has 1 radical (unpaired) electrons. The number of rotatable bonds is 0. The molecular weight excluding hydrogens is 115 g/mol. The number of thiocarbonyl (C=S) groups is 1. The molecule has 6 heteroatoms. The van der Waals surface area contributed by atoms with Gasteiger partial charge in [-0.3, -0.25) is 0 Å². The normalized spacial score (nSPS) is 5.43. The second-order valence-corrected chi connectivity index (χ2v) is 0.989. The summed E-state index contributed by atoms with van der Waals surface area (Å²) in [7, 11) is 0. The summed E-state index contributed by atoms with van der Waals surface area (Å²) >= 11 is 4.09. The molecule has 0 spiro atoms. The number of hydrogen-bond donors (Lipinski definition) is 4. The van der Waals surface area contributed by atoms with Gasteiger partial charge in [-0.05, 0) is 12.2 Å². The summed E-state index contributed by atoms with van der Waals surface area (Å²) in [5.74, 6) is 0. The van der Waals surface area contributed by atoms with Crippen LogP contribution >= 0.6 is 12.2 Å². The molecule has 0 unspecified atom stereocenters. The largest absolute Gasteiger partial charge is 0.482 e. The summed E-state index contributed by atoms with van der Waals surface area (Å²) in [5, 5.41) is 14.0. The van der Waals surface area contributed by atoms with Crippen LogP contribution in [0.4, 0.5) is 0 Å². The summed E-state index contributed by atoms with van der Waals surface area (Å²) in [6.45, 7) is 0. The smallest absolute Gasteiger partial charge is 0.429 e. The van der Waals surface area contributed by atoms with Crippen LogP contribution in [-0.4, -0.2) is 22.8 Å². The van der Waals surface area contributed by atoms with Gasteiger partial charge in [0.25, 0.3) is 0 Å². The van der Waals surface area contributed by atoms with Crippen LogP contribution < -0.4 is 11.5 Å². The van der Waals surface area contributed by atoms with Gasteiger partial charge in [0.1, 0.15) is 0 Å². The van der Waals surface area contributed by atoms with Crippen molar-refractivity contribution in [3.8, 4) is 0 Å². The monoisotopic (exact) mass is 121 g/mol. The van der Waals surface area contributed by atoms with Gasteiger partial charge in [-0.1, -0.05) is 0 Å². The molecule has 0 aliphatic rings. The summed E-state index contributed by atoms with van der Waals surface area (Å²) in [6.07, 6.45) is 0. The van der Waals surface area contributed by atoms with E-state index >= 15 is 0 Å². The molecule has 6 N–H and O–H groups in total. The van der Waals surface area contributed by atoms with Gasteiger partial charge in [0.2, 0.25) is 0 Å². The molecular formula is CH6BN2O2S. The van der Waals surface area contributed by atoms with Crippen molar-refractivity contribution in [2.24, 2.45) is 11.5 Å². The molecule has 0 fully saturated rings. The van der Waals surface area contributed by atoms with Crippen LogP contribution in [0.1, 0.15) is 0 Å².